The van der Waals surface area contributed by atoms with Crippen LogP contribution in [-0.2, 0) is 11.3 Å². The summed E-state index contributed by atoms with van der Waals surface area (Å²) in [6, 6.07) is 10.1. The van der Waals surface area contributed by atoms with Crippen LogP contribution in [0.2, 0.25) is 0 Å². The van der Waals surface area contributed by atoms with Gasteiger partial charge < -0.3 is 19.6 Å². The molecule has 0 aliphatic rings. The molecule has 0 amide bonds. The van der Waals surface area contributed by atoms with E-state index in [4.69, 9.17) is 14.6 Å². The number of esters is 1. The Hall–Kier alpha value is -3.09. The molecule has 120 valence electrons. The average molecular weight is 317 g/mol. The fourth-order valence-corrected chi connectivity index (χ4v) is 1.90. The summed E-state index contributed by atoms with van der Waals surface area (Å²) >= 11 is 0. The highest BCUT2D eigenvalue weighted by Gasteiger charge is 2.21. The maximum absolute atomic E-state index is 12.0. The van der Waals surface area contributed by atoms with E-state index in [2.05, 4.69) is 4.98 Å². The van der Waals surface area contributed by atoms with Gasteiger partial charge in [-0.1, -0.05) is 30.3 Å². The van der Waals surface area contributed by atoms with Crippen LogP contribution in [0.5, 0.6) is 5.75 Å². The van der Waals surface area contributed by atoms with Crippen molar-refractivity contribution in [2.24, 2.45) is 0 Å². The molecule has 0 atom stereocenters. The molecule has 2 N–H and O–H groups in total. The van der Waals surface area contributed by atoms with Crippen LogP contribution in [0.25, 0.3) is 0 Å². The first kappa shape index (κ1) is 16.3. The fraction of sp³-hybridized carbons (Fsp3) is 0.188. The van der Waals surface area contributed by atoms with Crippen molar-refractivity contribution in [3.63, 3.8) is 0 Å². The first-order chi connectivity index (χ1) is 11.0. The smallest absolute Gasteiger partial charge is 0.352 e. The summed E-state index contributed by atoms with van der Waals surface area (Å²) in [5, 5.41) is 8.98. The van der Waals surface area contributed by atoms with Crippen LogP contribution >= 0.6 is 0 Å². The number of H-pyrrole nitrogens is 1. The van der Waals surface area contributed by atoms with Crippen LogP contribution in [0.1, 0.15) is 33.3 Å². The van der Waals surface area contributed by atoms with Crippen LogP contribution < -0.4 is 10.3 Å². The topological polar surface area (TPSA) is 106 Å². The van der Waals surface area contributed by atoms with Crippen molar-refractivity contribution in [3.05, 3.63) is 63.6 Å². The van der Waals surface area contributed by atoms with Crippen LogP contribution in [0.4, 0.5) is 0 Å². The molecule has 1 aromatic heterocycles. The van der Waals surface area contributed by atoms with Gasteiger partial charge in [-0.25, -0.2) is 9.59 Å². The Morgan fingerprint density at radius 3 is 2.52 bits per heavy atom. The minimum Gasteiger partial charge on any atom is -0.482 e. The number of carboxylic acids is 1. The van der Waals surface area contributed by atoms with Crippen molar-refractivity contribution in [2.75, 3.05) is 6.61 Å². The van der Waals surface area contributed by atoms with Gasteiger partial charge in [0.25, 0.3) is 5.56 Å². The Kier molecular flexibility index (Phi) is 5.14. The van der Waals surface area contributed by atoms with E-state index in [0.29, 0.717) is 0 Å². The Labute approximate surface area is 131 Å². The number of nitrogens with one attached hydrogen (secondary N) is 1. The zero-order valence-electron chi connectivity index (χ0n) is 12.4. The van der Waals surface area contributed by atoms with Crippen LogP contribution in [-0.4, -0.2) is 28.6 Å². The molecule has 2 rings (SSSR count). The molecule has 2 aromatic rings. The number of aromatic nitrogens is 1. The van der Waals surface area contributed by atoms with Crippen molar-refractivity contribution in [1.29, 1.82) is 0 Å². The van der Waals surface area contributed by atoms with E-state index in [1.807, 2.05) is 18.2 Å². The van der Waals surface area contributed by atoms with Crippen molar-refractivity contribution >= 4 is 11.9 Å². The van der Waals surface area contributed by atoms with E-state index >= 15 is 0 Å². The molecule has 0 fully saturated rings. The lowest BCUT2D eigenvalue weighted by atomic mass is 10.2. The maximum Gasteiger partial charge on any atom is 0.352 e. The largest absolute Gasteiger partial charge is 0.482 e. The van der Waals surface area contributed by atoms with Gasteiger partial charge in [-0.3, -0.25) is 4.79 Å². The summed E-state index contributed by atoms with van der Waals surface area (Å²) in [6.07, 6.45) is 0. The van der Waals surface area contributed by atoms with Crippen LogP contribution in [0.15, 0.2) is 41.2 Å². The van der Waals surface area contributed by atoms with E-state index < -0.39 is 23.2 Å². The van der Waals surface area contributed by atoms with Crippen molar-refractivity contribution in [2.45, 2.75) is 13.5 Å². The summed E-state index contributed by atoms with van der Waals surface area (Å²) in [5.41, 5.74) is -0.637. The molecule has 0 saturated heterocycles. The molecular formula is C16H15NO6. The highest BCUT2D eigenvalue weighted by Crippen LogP contribution is 2.17. The second kappa shape index (κ2) is 7.26. The molecule has 0 unspecified atom stereocenters. The number of hydrogen-bond acceptors (Lipinski definition) is 5. The molecule has 0 bridgehead atoms. The van der Waals surface area contributed by atoms with Gasteiger partial charge in [0.05, 0.1) is 6.61 Å². The minimum atomic E-state index is -1.36. The third kappa shape index (κ3) is 3.97. The highest BCUT2D eigenvalue weighted by atomic mass is 16.5. The number of ether oxygens (including phenoxy) is 2. The van der Waals surface area contributed by atoms with Crippen LogP contribution in [0, 0.1) is 0 Å². The first-order valence-electron chi connectivity index (χ1n) is 6.87. The fourth-order valence-electron chi connectivity index (χ4n) is 1.90. The molecule has 0 spiro atoms. The molecule has 0 radical (unpaired) electrons. The molecular weight excluding hydrogens is 302 g/mol. The lowest BCUT2D eigenvalue weighted by Gasteiger charge is -2.11. The second-order valence-electron chi connectivity index (χ2n) is 4.55. The predicted molar refractivity (Wildman–Crippen MR) is 80.8 cm³/mol. The van der Waals surface area contributed by atoms with Gasteiger partial charge in [0.1, 0.15) is 17.9 Å². The summed E-state index contributed by atoms with van der Waals surface area (Å²) in [4.78, 5) is 37.2. The zero-order valence-corrected chi connectivity index (χ0v) is 12.4. The van der Waals surface area contributed by atoms with E-state index in [0.717, 1.165) is 11.6 Å². The number of rotatable bonds is 6. The predicted octanol–water partition coefficient (Wildman–Crippen LogP) is 1.83. The van der Waals surface area contributed by atoms with E-state index in [1.165, 1.54) is 0 Å². The number of aromatic amines is 1. The van der Waals surface area contributed by atoms with Crippen molar-refractivity contribution in [1.82, 2.24) is 4.98 Å². The molecule has 0 saturated carbocycles. The summed E-state index contributed by atoms with van der Waals surface area (Å²) in [5.74, 6) is -2.44. The summed E-state index contributed by atoms with van der Waals surface area (Å²) < 4.78 is 10.3. The number of hydrogen-bond donors (Lipinski definition) is 2. The Morgan fingerprint density at radius 1 is 1.22 bits per heavy atom. The second-order valence-corrected chi connectivity index (χ2v) is 4.55. The van der Waals surface area contributed by atoms with Gasteiger partial charge >= 0.3 is 11.9 Å². The maximum atomic E-state index is 12.0. The van der Waals surface area contributed by atoms with Gasteiger partial charge in [-0.05, 0) is 18.6 Å². The summed E-state index contributed by atoms with van der Waals surface area (Å²) in [7, 11) is 0. The van der Waals surface area contributed by atoms with Gasteiger partial charge in [0, 0.05) is 0 Å². The molecule has 1 heterocycles. The molecule has 23 heavy (non-hydrogen) atoms. The lowest BCUT2D eigenvalue weighted by Crippen LogP contribution is -2.21. The number of benzene rings is 1. The van der Waals surface area contributed by atoms with E-state index in [9.17, 15) is 14.4 Å². The number of aromatic carboxylic acids is 1. The van der Waals surface area contributed by atoms with Crippen LogP contribution in [0.3, 0.4) is 0 Å². The number of carboxylic acid groups (broad SMARTS) is 1. The third-order valence-corrected chi connectivity index (χ3v) is 2.94. The third-order valence-electron chi connectivity index (χ3n) is 2.94. The Bertz CT molecular complexity index is 766. The normalized spacial score (nSPS) is 10.1. The van der Waals surface area contributed by atoms with Crippen molar-refractivity contribution < 1.29 is 24.2 Å². The molecule has 0 aliphatic carbocycles. The lowest BCUT2D eigenvalue weighted by molar-refractivity contribution is 0.0520. The Balaban J connectivity index is 2.38. The molecule has 7 nitrogen and oxygen atoms in total. The summed E-state index contributed by atoms with van der Waals surface area (Å²) in [6.45, 7) is 1.75. The van der Waals surface area contributed by atoms with E-state index in [1.54, 1.807) is 19.1 Å². The zero-order chi connectivity index (χ0) is 16.8. The Morgan fingerprint density at radius 2 is 1.91 bits per heavy atom. The molecule has 1 aromatic carbocycles. The van der Waals surface area contributed by atoms with Gasteiger partial charge in [-0.15, -0.1) is 0 Å². The molecule has 7 heteroatoms. The SMILES string of the molecule is CCOC(=O)c1cc(C(=O)O)[nH]c(=O)c1OCc1ccccc1. The van der Waals surface area contributed by atoms with Gasteiger partial charge in [0.2, 0.25) is 0 Å². The highest BCUT2D eigenvalue weighted by molar-refractivity contribution is 5.95. The standard InChI is InChI=1S/C16H15NO6/c1-2-22-16(21)11-8-12(15(19)20)17-14(18)13(11)23-9-10-6-4-3-5-7-10/h3-8H,2,9H2,1H3,(H,17,18)(H,19,20). The first-order valence-corrected chi connectivity index (χ1v) is 6.87. The monoisotopic (exact) mass is 317 g/mol. The molecule has 0 aliphatic heterocycles. The van der Waals surface area contributed by atoms with Gasteiger partial charge in [0.15, 0.2) is 5.75 Å². The average Bonchev–Trinajstić information content (AvgIpc) is 2.54. The van der Waals surface area contributed by atoms with Crippen molar-refractivity contribution in [3.8, 4) is 5.75 Å². The van der Waals surface area contributed by atoms with Gasteiger partial charge in [-0.2, -0.15) is 0 Å². The quantitative estimate of drug-likeness (QED) is 0.787. The number of carbonyl (C=O) groups is 2. The number of pyridine rings is 1. The van der Waals surface area contributed by atoms with E-state index in [-0.39, 0.29) is 24.5 Å². The minimum absolute atomic E-state index is 0.0583. The number of carbonyl (C=O) groups excluding carboxylic acids is 1.